The van der Waals surface area contributed by atoms with Crippen molar-refractivity contribution in [3.05, 3.63) is 57.3 Å². The highest BCUT2D eigenvalue weighted by molar-refractivity contribution is 7.13. The number of carbonyl (C=O) groups is 1. The molecule has 1 unspecified atom stereocenters. The van der Waals surface area contributed by atoms with Crippen LogP contribution < -0.4 is 5.32 Å². The van der Waals surface area contributed by atoms with Gasteiger partial charge in [0, 0.05) is 11.4 Å². The lowest BCUT2D eigenvalue weighted by Crippen LogP contribution is -2.27. The number of aryl methyl sites for hydroxylation is 1. The zero-order valence-corrected chi connectivity index (χ0v) is 11.5. The van der Waals surface area contributed by atoms with Crippen LogP contribution in [-0.2, 0) is 0 Å². The summed E-state index contributed by atoms with van der Waals surface area (Å²) >= 11 is 1.34. The van der Waals surface area contributed by atoms with Crippen molar-refractivity contribution in [2.24, 2.45) is 0 Å². The van der Waals surface area contributed by atoms with E-state index < -0.39 is 17.7 Å². The van der Waals surface area contributed by atoms with Gasteiger partial charge in [0.25, 0.3) is 5.91 Å². The van der Waals surface area contributed by atoms with Crippen molar-refractivity contribution in [3.8, 4) is 0 Å². The zero-order valence-electron chi connectivity index (χ0n) is 10.7. The third kappa shape index (κ3) is 3.40. The summed E-state index contributed by atoms with van der Waals surface area (Å²) in [6.45, 7) is 1.82. The van der Waals surface area contributed by atoms with Crippen molar-refractivity contribution < 1.29 is 18.7 Å². The van der Waals surface area contributed by atoms with Gasteiger partial charge in [-0.15, -0.1) is 11.3 Å². The van der Waals surface area contributed by atoms with Gasteiger partial charge >= 0.3 is 0 Å². The first-order valence-corrected chi connectivity index (χ1v) is 6.76. The minimum absolute atomic E-state index is 0.0686. The molecular formula is C14H13F2NO2S. The average Bonchev–Trinajstić information content (AvgIpc) is 2.85. The Morgan fingerprint density at radius 1 is 1.30 bits per heavy atom. The Morgan fingerprint density at radius 3 is 2.65 bits per heavy atom. The molecule has 106 valence electrons. The number of nitrogens with one attached hydrogen (secondary N) is 1. The van der Waals surface area contributed by atoms with Gasteiger partial charge in [-0.05, 0) is 36.8 Å². The van der Waals surface area contributed by atoms with Gasteiger partial charge in [-0.3, -0.25) is 4.79 Å². The fourth-order valence-electron chi connectivity index (χ4n) is 1.67. The van der Waals surface area contributed by atoms with Crippen LogP contribution in [0.3, 0.4) is 0 Å². The van der Waals surface area contributed by atoms with Gasteiger partial charge in [0.05, 0.1) is 11.0 Å². The number of halogens is 2. The maximum Gasteiger partial charge on any atom is 0.261 e. The van der Waals surface area contributed by atoms with Crippen molar-refractivity contribution in [1.82, 2.24) is 5.32 Å². The van der Waals surface area contributed by atoms with E-state index in [0.29, 0.717) is 4.88 Å². The molecule has 0 aliphatic rings. The van der Waals surface area contributed by atoms with Crippen molar-refractivity contribution in [2.45, 2.75) is 13.0 Å². The highest BCUT2D eigenvalue weighted by Crippen LogP contribution is 2.17. The number of hydrogen-bond acceptors (Lipinski definition) is 3. The topological polar surface area (TPSA) is 49.3 Å². The van der Waals surface area contributed by atoms with E-state index in [0.717, 1.165) is 17.0 Å². The van der Waals surface area contributed by atoms with Gasteiger partial charge in [-0.2, -0.15) is 0 Å². The summed E-state index contributed by atoms with van der Waals surface area (Å²) in [6.07, 6.45) is -1.09. The second-order valence-electron chi connectivity index (χ2n) is 4.31. The highest BCUT2D eigenvalue weighted by Gasteiger charge is 2.13. The molecule has 6 heteroatoms. The van der Waals surface area contributed by atoms with Crippen molar-refractivity contribution in [3.63, 3.8) is 0 Å². The number of benzene rings is 1. The van der Waals surface area contributed by atoms with Gasteiger partial charge < -0.3 is 10.4 Å². The molecule has 3 nitrogen and oxygen atoms in total. The average molecular weight is 297 g/mol. The van der Waals surface area contributed by atoms with Crippen LogP contribution in [0.2, 0.25) is 0 Å². The molecule has 0 fully saturated rings. The van der Waals surface area contributed by atoms with E-state index >= 15 is 0 Å². The molecule has 2 N–H and O–H groups in total. The molecule has 0 bridgehead atoms. The lowest BCUT2D eigenvalue weighted by atomic mass is 10.1. The second kappa shape index (κ2) is 6.11. The van der Waals surface area contributed by atoms with Crippen molar-refractivity contribution >= 4 is 17.2 Å². The monoisotopic (exact) mass is 297 g/mol. The number of thiophene rings is 1. The molecule has 1 heterocycles. The van der Waals surface area contributed by atoms with E-state index in [1.807, 2.05) is 13.0 Å². The quantitative estimate of drug-likeness (QED) is 0.911. The van der Waals surface area contributed by atoms with Crippen molar-refractivity contribution in [1.29, 1.82) is 0 Å². The predicted octanol–water partition coefficient (Wildman–Crippen LogP) is 2.80. The molecule has 1 aromatic carbocycles. The Morgan fingerprint density at radius 2 is 2.05 bits per heavy atom. The number of aliphatic hydroxyl groups is 1. The van der Waals surface area contributed by atoms with Gasteiger partial charge in [0.2, 0.25) is 0 Å². The fraction of sp³-hybridized carbons (Fsp3) is 0.214. The number of rotatable bonds is 4. The van der Waals surface area contributed by atoms with E-state index in [2.05, 4.69) is 5.32 Å². The summed E-state index contributed by atoms with van der Waals surface area (Å²) in [5, 5.41) is 12.4. The molecule has 2 rings (SSSR count). The predicted molar refractivity (Wildman–Crippen MR) is 72.7 cm³/mol. The van der Waals surface area contributed by atoms with Crippen LogP contribution in [0.4, 0.5) is 8.78 Å². The lowest BCUT2D eigenvalue weighted by Gasteiger charge is -2.12. The number of carbonyl (C=O) groups excluding carboxylic acids is 1. The summed E-state index contributed by atoms with van der Waals surface area (Å²) in [6, 6.07) is 6.66. The largest absolute Gasteiger partial charge is 0.387 e. The third-order valence-corrected chi connectivity index (χ3v) is 3.75. The Labute approximate surface area is 118 Å². The first-order chi connectivity index (χ1) is 9.47. The Bertz CT molecular complexity index is 627. The van der Waals surface area contributed by atoms with Gasteiger partial charge in [-0.25, -0.2) is 8.78 Å². The maximum atomic E-state index is 13.0. The summed E-state index contributed by atoms with van der Waals surface area (Å²) in [7, 11) is 0. The third-order valence-electron chi connectivity index (χ3n) is 2.75. The second-order valence-corrected chi connectivity index (χ2v) is 5.60. The maximum absolute atomic E-state index is 13.0. The summed E-state index contributed by atoms with van der Waals surface area (Å²) < 4.78 is 25.8. The van der Waals surface area contributed by atoms with Crippen LogP contribution in [0, 0.1) is 18.6 Å². The minimum Gasteiger partial charge on any atom is -0.387 e. The summed E-state index contributed by atoms with van der Waals surface area (Å²) in [5.41, 5.74) is 0.214. The molecule has 0 aliphatic heterocycles. The van der Waals surface area contributed by atoms with Crippen LogP contribution in [-0.4, -0.2) is 17.6 Å². The molecule has 0 radical (unpaired) electrons. The summed E-state index contributed by atoms with van der Waals surface area (Å²) in [5.74, 6) is -2.30. The Kier molecular flexibility index (Phi) is 4.46. The molecule has 0 saturated carbocycles. The van der Waals surface area contributed by atoms with Gasteiger partial charge in [-0.1, -0.05) is 6.07 Å². The molecular weight excluding hydrogens is 284 g/mol. The highest BCUT2D eigenvalue weighted by atomic mass is 32.1. The van der Waals surface area contributed by atoms with E-state index in [1.54, 1.807) is 6.07 Å². The number of hydrogen-bond donors (Lipinski definition) is 2. The Hall–Kier alpha value is -1.79. The molecule has 20 heavy (non-hydrogen) atoms. The molecule has 0 saturated heterocycles. The van der Waals surface area contributed by atoms with Crippen molar-refractivity contribution in [2.75, 3.05) is 6.54 Å². The van der Waals surface area contributed by atoms with Crippen LogP contribution in [0.1, 0.15) is 26.2 Å². The lowest BCUT2D eigenvalue weighted by molar-refractivity contribution is 0.0920. The van der Waals surface area contributed by atoms with Crippen LogP contribution in [0.5, 0.6) is 0 Å². The van der Waals surface area contributed by atoms with E-state index in [9.17, 15) is 18.7 Å². The fourth-order valence-corrected chi connectivity index (χ4v) is 2.45. The normalized spacial score (nSPS) is 12.2. The first-order valence-electron chi connectivity index (χ1n) is 5.95. The number of amides is 1. The molecule has 1 amide bonds. The molecule has 0 aliphatic carbocycles. The van der Waals surface area contributed by atoms with Crippen LogP contribution in [0.25, 0.3) is 0 Å². The molecule has 0 spiro atoms. The minimum atomic E-state index is -1.09. The van der Waals surface area contributed by atoms with E-state index in [4.69, 9.17) is 0 Å². The molecule has 2 aromatic rings. The number of aliphatic hydroxyl groups excluding tert-OH is 1. The SMILES string of the molecule is Cc1ccc(C(=O)NCC(O)c2ccc(F)c(F)c2)s1. The van der Waals surface area contributed by atoms with Gasteiger partial charge in [0.1, 0.15) is 0 Å². The first kappa shape index (κ1) is 14.6. The van der Waals surface area contributed by atoms with E-state index in [-0.39, 0.29) is 18.0 Å². The molecule has 1 aromatic heterocycles. The summed E-state index contributed by atoms with van der Waals surface area (Å²) in [4.78, 5) is 13.3. The van der Waals surface area contributed by atoms with Crippen LogP contribution >= 0.6 is 11.3 Å². The standard InChI is InChI=1S/C14H13F2NO2S/c1-8-2-5-13(20-8)14(19)17-7-12(18)9-3-4-10(15)11(16)6-9/h2-6,12,18H,7H2,1H3,(H,17,19). The molecule has 1 atom stereocenters. The Balaban J connectivity index is 1.96. The van der Waals surface area contributed by atoms with E-state index in [1.165, 1.54) is 17.4 Å². The van der Waals surface area contributed by atoms with Gasteiger partial charge in [0.15, 0.2) is 11.6 Å². The zero-order chi connectivity index (χ0) is 14.7. The van der Waals surface area contributed by atoms with Crippen LogP contribution in [0.15, 0.2) is 30.3 Å². The smallest absolute Gasteiger partial charge is 0.261 e.